The second-order valence-electron chi connectivity index (χ2n) is 7.98. The van der Waals surface area contributed by atoms with Crippen LogP contribution in [0.5, 0.6) is 0 Å². The number of piperidine rings is 1. The normalized spacial score (nSPS) is 24.1. The molecular weight excluding hydrogens is 356 g/mol. The Kier molecular flexibility index (Phi) is 7.06. The van der Waals surface area contributed by atoms with E-state index in [4.69, 9.17) is 0 Å². The molecule has 6 nitrogen and oxygen atoms in total. The highest BCUT2D eigenvalue weighted by Gasteiger charge is 2.33. The standard InChI is InChI=1S/C22H30N2O4/c25-20(23-19-11-7-2-1-6-10-18(19)22(27)28)16-12-14-24(15-13-16)21(26)17-8-4-3-5-9-17/h3-5,8-9,16,18-19H,1-2,6-7,10-15H2,(H,23,25)(H,27,28). The quantitative estimate of drug-likeness (QED) is 0.833. The zero-order valence-electron chi connectivity index (χ0n) is 16.3. The van der Waals surface area contributed by atoms with Crippen molar-refractivity contribution in [3.8, 4) is 0 Å². The van der Waals surface area contributed by atoms with Gasteiger partial charge in [0.25, 0.3) is 5.91 Å². The van der Waals surface area contributed by atoms with Crippen molar-refractivity contribution in [2.45, 2.75) is 57.4 Å². The zero-order valence-corrected chi connectivity index (χ0v) is 16.3. The maximum Gasteiger partial charge on any atom is 0.308 e. The minimum atomic E-state index is -0.810. The third-order valence-corrected chi connectivity index (χ3v) is 6.08. The van der Waals surface area contributed by atoms with Crippen LogP contribution >= 0.6 is 0 Å². The molecule has 0 bridgehead atoms. The van der Waals surface area contributed by atoms with Gasteiger partial charge in [0.1, 0.15) is 0 Å². The van der Waals surface area contributed by atoms with Crippen LogP contribution < -0.4 is 5.32 Å². The van der Waals surface area contributed by atoms with Crippen molar-refractivity contribution in [1.29, 1.82) is 0 Å². The van der Waals surface area contributed by atoms with Crippen molar-refractivity contribution < 1.29 is 19.5 Å². The summed E-state index contributed by atoms with van der Waals surface area (Å²) in [6.45, 7) is 1.11. The Morgan fingerprint density at radius 1 is 0.893 bits per heavy atom. The van der Waals surface area contributed by atoms with Crippen LogP contribution in [0.25, 0.3) is 0 Å². The lowest BCUT2D eigenvalue weighted by Gasteiger charge is -2.33. The van der Waals surface area contributed by atoms with E-state index < -0.39 is 11.9 Å². The number of carboxylic acids is 1. The number of carboxylic acid groups (broad SMARTS) is 1. The third-order valence-electron chi connectivity index (χ3n) is 6.08. The summed E-state index contributed by atoms with van der Waals surface area (Å²) in [4.78, 5) is 38.8. The Morgan fingerprint density at radius 2 is 1.54 bits per heavy atom. The molecule has 2 aliphatic rings. The van der Waals surface area contributed by atoms with Gasteiger partial charge in [-0.2, -0.15) is 0 Å². The highest BCUT2D eigenvalue weighted by atomic mass is 16.4. The van der Waals surface area contributed by atoms with Crippen LogP contribution in [0.3, 0.4) is 0 Å². The van der Waals surface area contributed by atoms with E-state index in [0.29, 0.717) is 37.9 Å². The second kappa shape index (κ2) is 9.71. The van der Waals surface area contributed by atoms with E-state index in [1.807, 2.05) is 30.3 Å². The van der Waals surface area contributed by atoms with Crippen molar-refractivity contribution >= 4 is 17.8 Å². The first-order chi connectivity index (χ1) is 13.6. The first-order valence-corrected chi connectivity index (χ1v) is 10.4. The topological polar surface area (TPSA) is 86.7 Å². The van der Waals surface area contributed by atoms with Crippen molar-refractivity contribution in [3.63, 3.8) is 0 Å². The number of aliphatic carboxylic acids is 1. The van der Waals surface area contributed by atoms with Gasteiger partial charge in [0.2, 0.25) is 5.91 Å². The van der Waals surface area contributed by atoms with Crippen LogP contribution in [0.2, 0.25) is 0 Å². The lowest BCUT2D eigenvalue weighted by atomic mass is 9.86. The SMILES string of the molecule is O=C(NC1CCCCCCC1C(=O)O)C1CCN(C(=O)c2ccccc2)CC1. The van der Waals surface area contributed by atoms with E-state index in [1.165, 1.54) is 0 Å². The van der Waals surface area contributed by atoms with Gasteiger partial charge in [0, 0.05) is 30.6 Å². The molecule has 2 amide bonds. The molecule has 0 aromatic heterocycles. The van der Waals surface area contributed by atoms with Crippen LogP contribution in [-0.2, 0) is 9.59 Å². The molecule has 28 heavy (non-hydrogen) atoms. The van der Waals surface area contributed by atoms with Gasteiger partial charge in [-0.25, -0.2) is 0 Å². The largest absolute Gasteiger partial charge is 0.481 e. The van der Waals surface area contributed by atoms with Crippen LogP contribution in [0.1, 0.15) is 61.7 Å². The van der Waals surface area contributed by atoms with E-state index in [9.17, 15) is 19.5 Å². The molecular formula is C22H30N2O4. The number of benzene rings is 1. The summed E-state index contributed by atoms with van der Waals surface area (Å²) in [5.41, 5.74) is 0.671. The Balaban J connectivity index is 1.54. The number of amides is 2. The number of nitrogens with zero attached hydrogens (tertiary/aromatic N) is 1. The molecule has 1 aromatic rings. The summed E-state index contributed by atoms with van der Waals surface area (Å²) >= 11 is 0. The highest BCUT2D eigenvalue weighted by Crippen LogP contribution is 2.25. The summed E-state index contributed by atoms with van der Waals surface area (Å²) in [7, 11) is 0. The van der Waals surface area contributed by atoms with Crippen molar-refractivity contribution in [2.75, 3.05) is 13.1 Å². The number of hydrogen-bond acceptors (Lipinski definition) is 3. The number of rotatable bonds is 4. The van der Waals surface area contributed by atoms with Crippen LogP contribution in [0.15, 0.2) is 30.3 Å². The zero-order chi connectivity index (χ0) is 19.9. The van der Waals surface area contributed by atoms with Crippen molar-refractivity contribution in [3.05, 3.63) is 35.9 Å². The van der Waals surface area contributed by atoms with Crippen molar-refractivity contribution in [2.24, 2.45) is 11.8 Å². The Labute approximate surface area is 166 Å². The van der Waals surface area contributed by atoms with Gasteiger partial charge in [-0.05, 0) is 37.8 Å². The van der Waals surface area contributed by atoms with Gasteiger partial charge in [-0.15, -0.1) is 0 Å². The second-order valence-corrected chi connectivity index (χ2v) is 7.98. The molecule has 2 unspecified atom stereocenters. The van der Waals surface area contributed by atoms with E-state index >= 15 is 0 Å². The molecule has 2 atom stereocenters. The molecule has 152 valence electrons. The molecule has 1 saturated heterocycles. The Hall–Kier alpha value is -2.37. The van der Waals surface area contributed by atoms with Gasteiger partial charge < -0.3 is 15.3 Å². The molecule has 6 heteroatoms. The molecule has 0 radical (unpaired) electrons. The van der Waals surface area contributed by atoms with Gasteiger partial charge in [-0.3, -0.25) is 14.4 Å². The fourth-order valence-electron chi connectivity index (χ4n) is 4.36. The van der Waals surface area contributed by atoms with Crippen LogP contribution in [-0.4, -0.2) is 46.9 Å². The number of hydrogen-bond donors (Lipinski definition) is 2. The van der Waals surface area contributed by atoms with Crippen LogP contribution in [0, 0.1) is 11.8 Å². The summed E-state index contributed by atoms with van der Waals surface area (Å²) in [5.74, 6) is -1.51. The number of nitrogens with one attached hydrogen (secondary N) is 1. The highest BCUT2D eigenvalue weighted by molar-refractivity contribution is 5.94. The fraction of sp³-hybridized carbons (Fsp3) is 0.591. The molecule has 1 saturated carbocycles. The maximum absolute atomic E-state index is 12.8. The Bertz CT molecular complexity index is 683. The molecule has 2 N–H and O–H groups in total. The van der Waals surface area contributed by atoms with Gasteiger partial charge in [-0.1, -0.05) is 43.9 Å². The summed E-state index contributed by atoms with van der Waals surface area (Å²) < 4.78 is 0. The molecule has 0 spiro atoms. The molecule has 1 aromatic carbocycles. The van der Waals surface area contributed by atoms with E-state index in [2.05, 4.69) is 5.32 Å². The fourth-order valence-corrected chi connectivity index (χ4v) is 4.36. The molecule has 1 aliphatic carbocycles. The average molecular weight is 386 g/mol. The summed E-state index contributed by atoms with van der Waals surface area (Å²) in [6.07, 6.45) is 6.63. The molecule has 3 rings (SSSR count). The summed E-state index contributed by atoms with van der Waals surface area (Å²) in [5, 5.41) is 12.6. The molecule has 1 heterocycles. The first kappa shape index (κ1) is 20.4. The van der Waals surface area contributed by atoms with Gasteiger partial charge in [0.15, 0.2) is 0 Å². The third kappa shape index (κ3) is 5.12. The smallest absolute Gasteiger partial charge is 0.308 e. The predicted octanol–water partition coefficient (Wildman–Crippen LogP) is 3.08. The lowest BCUT2D eigenvalue weighted by molar-refractivity contribution is -0.143. The molecule has 1 aliphatic heterocycles. The van der Waals surface area contributed by atoms with E-state index in [0.717, 1.165) is 32.1 Å². The predicted molar refractivity (Wildman–Crippen MR) is 106 cm³/mol. The first-order valence-electron chi connectivity index (χ1n) is 10.4. The van der Waals surface area contributed by atoms with Crippen LogP contribution in [0.4, 0.5) is 0 Å². The summed E-state index contributed by atoms with van der Waals surface area (Å²) in [6, 6.07) is 8.91. The molecule has 2 fully saturated rings. The number of likely N-dealkylation sites (tertiary alicyclic amines) is 1. The number of carbonyl (C=O) groups excluding carboxylic acids is 2. The minimum Gasteiger partial charge on any atom is -0.481 e. The maximum atomic E-state index is 12.8. The monoisotopic (exact) mass is 386 g/mol. The van der Waals surface area contributed by atoms with E-state index in [-0.39, 0.29) is 23.8 Å². The van der Waals surface area contributed by atoms with Gasteiger partial charge >= 0.3 is 5.97 Å². The van der Waals surface area contributed by atoms with E-state index in [1.54, 1.807) is 4.90 Å². The number of carbonyl (C=O) groups is 3. The van der Waals surface area contributed by atoms with Crippen molar-refractivity contribution in [1.82, 2.24) is 10.2 Å². The van der Waals surface area contributed by atoms with Gasteiger partial charge in [0.05, 0.1) is 5.92 Å². The Morgan fingerprint density at radius 3 is 2.18 bits per heavy atom. The average Bonchev–Trinajstić information content (AvgIpc) is 2.70. The lowest BCUT2D eigenvalue weighted by Crippen LogP contribution is -2.48. The minimum absolute atomic E-state index is 0.00502.